The highest BCUT2D eigenvalue weighted by Gasteiger charge is 2.03. The zero-order valence-electron chi connectivity index (χ0n) is 16.4. The molecule has 0 atom stereocenters. The van der Waals surface area contributed by atoms with E-state index in [9.17, 15) is 33.6 Å². The summed E-state index contributed by atoms with van der Waals surface area (Å²) in [4.78, 5) is 106. The lowest BCUT2D eigenvalue weighted by molar-refractivity contribution is 1.07. The van der Waals surface area contributed by atoms with Crippen molar-refractivity contribution >= 4 is 33.5 Å². The molecule has 0 bridgehead atoms. The van der Waals surface area contributed by atoms with Crippen LogP contribution in [0.1, 0.15) is 0 Å². The number of H-pyrrole nitrogens is 10. The Balaban J connectivity index is 0.000000121. The van der Waals surface area contributed by atoms with Crippen LogP contribution < -0.4 is 39.4 Å². The van der Waals surface area contributed by atoms with Gasteiger partial charge >= 0.3 is 22.8 Å². The van der Waals surface area contributed by atoms with Gasteiger partial charge in [0.1, 0.15) is 22.2 Å². The Hall–Kier alpha value is -5.75. The molecular weight excluding hydrogens is 460 g/mol. The second kappa shape index (κ2) is 8.41. The van der Waals surface area contributed by atoms with Crippen LogP contribution in [0.3, 0.4) is 0 Å². The fourth-order valence-corrected chi connectivity index (χ4v) is 2.69. The van der Waals surface area contributed by atoms with Gasteiger partial charge in [-0.3, -0.25) is 54.3 Å². The molecule has 19 nitrogen and oxygen atoms in total. The molecule has 0 aliphatic heterocycles. The number of aromatic nitrogens is 12. The molecule has 6 heterocycles. The van der Waals surface area contributed by atoms with E-state index in [0.29, 0.717) is 0 Å². The standard InChI is InChI=1S/C5H4N4O3.2C5H4N4O2/c10-3-1-2(7-4(11)6-1)8-5(12)9-3;2*10-4-2-3(7-1-6-2)8-5(11)9-4/h(H4,6,7,8,9,10,11,12);2*1H,(H3,6,7,8,9,10,11). The molecule has 0 fully saturated rings. The van der Waals surface area contributed by atoms with E-state index >= 15 is 0 Å². The minimum Gasteiger partial charge on any atom is -0.339 e. The van der Waals surface area contributed by atoms with Crippen molar-refractivity contribution in [2.75, 3.05) is 0 Å². The number of rotatable bonds is 0. The van der Waals surface area contributed by atoms with Gasteiger partial charge in [-0.1, -0.05) is 0 Å². The van der Waals surface area contributed by atoms with Gasteiger partial charge in [-0.2, -0.15) is 0 Å². The first-order chi connectivity index (χ1) is 16.2. The summed E-state index contributed by atoms with van der Waals surface area (Å²) in [7, 11) is 0. The summed E-state index contributed by atoms with van der Waals surface area (Å²) in [6, 6.07) is 0. The average molecular weight is 472 g/mol. The molecule has 34 heavy (non-hydrogen) atoms. The Labute approximate surface area is 179 Å². The molecular formula is C15H12N12O7. The van der Waals surface area contributed by atoms with Gasteiger partial charge in [-0.05, 0) is 0 Å². The Morgan fingerprint density at radius 1 is 0.441 bits per heavy atom. The van der Waals surface area contributed by atoms with E-state index in [1.165, 1.54) is 12.7 Å². The van der Waals surface area contributed by atoms with Crippen molar-refractivity contribution in [3.8, 4) is 0 Å². The number of imidazole rings is 3. The molecule has 6 aromatic heterocycles. The zero-order chi connectivity index (χ0) is 24.4. The molecule has 0 aromatic carbocycles. The van der Waals surface area contributed by atoms with Crippen LogP contribution in [0.2, 0.25) is 0 Å². The van der Waals surface area contributed by atoms with Crippen molar-refractivity contribution in [2.45, 2.75) is 0 Å². The lowest BCUT2D eigenvalue weighted by Crippen LogP contribution is -2.21. The van der Waals surface area contributed by atoms with Gasteiger partial charge in [-0.25, -0.2) is 29.1 Å². The van der Waals surface area contributed by atoms with Crippen molar-refractivity contribution in [3.63, 3.8) is 0 Å². The summed E-state index contributed by atoms with van der Waals surface area (Å²) in [5.41, 5.74) is -2.54. The molecule has 174 valence electrons. The van der Waals surface area contributed by atoms with Gasteiger partial charge in [0.05, 0.1) is 12.7 Å². The minimum absolute atomic E-state index is 0.0413. The second-order valence-corrected chi connectivity index (χ2v) is 6.31. The van der Waals surface area contributed by atoms with E-state index in [0.717, 1.165) is 0 Å². The van der Waals surface area contributed by atoms with Crippen LogP contribution >= 0.6 is 0 Å². The fourth-order valence-electron chi connectivity index (χ4n) is 2.69. The normalized spacial score (nSPS) is 10.6. The summed E-state index contributed by atoms with van der Waals surface area (Å²) in [6.45, 7) is 0. The first-order valence-corrected chi connectivity index (χ1v) is 8.97. The van der Waals surface area contributed by atoms with Crippen LogP contribution in [-0.4, -0.2) is 59.8 Å². The number of aromatic amines is 10. The van der Waals surface area contributed by atoms with E-state index in [1.807, 2.05) is 4.98 Å². The van der Waals surface area contributed by atoms with Crippen LogP contribution in [-0.2, 0) is 0 Å². The third-order valence-electron chi connectivity index (χ3n) is 4.07. The van der Waals surface area contributed by atoms with Gasteiger partial charge in [-0.15, -0.1) is 0 Å². The van der Waals surface area contributed by atoms with E-state index in [-0.39, 0.29) is 33.5 Å². The molecule has 0 spiro atoms. The molecule has 0 saturated carbocycles. The van der Waals surface area contributed by atoms with Crippen LogP contribution in [0.15, 0.2) is 46.2 Å². The largest absolute Gasteiger partial charge is 0.339 e. The summed E-state index contributed by atoms with van der Waals surface area (Å²) in [6.07, 6.45) is 2.69. The zero-order valence-corrected chi connectivity index (χ0v) is 16.4. The van der Waals surface area contributed by atoms with Crippen molar-refractivity contribution in [1.82, 2.24) is 59.8 Å². The Morgan fingerprint density at radius 3 is 1.29 bits per heavy atom. The van der Waals surface area contributed by atoms with Crippen molar-refractivity contribution < 1.29 is 0 Å². The van der Waals surface area contributed by atoms with Crippen molar-refractivity contribution in [2.24, 2.45) is 0 Å². The molecule has 0 amide bonds. The predicted molar refractivity (Wildman–Crippen MR) is 115 cm³/mol. The maximum absolute atomic E-state index is 10.9. The lowest BCUT2D eigenvalue weighted by atomic mass is 10.5. The van der Waals surface area contributed by atoms with E-state index in [1.54, 1.807) is 0 Å². The maximum Gasteiger partial charge on any atom is 0.327 e. The highest BCUT2D eigenvalue weighted by atomic mass is 16.2. The number of hydrogen-bond acceptors (Lipinski definition) is 9. The number of hydrogen-bond donors (Lipinski definition) is 10. The van der Waals surface area contributed by atoms with Gasteiger partial charge in [0.15, 0.2) is 11.3 Å². The topological polar surface area (TPSA) is 303 Å². The Bertz CT molecular complexity index is 1940. The van der Waals surface area contributed by atoms with E-state index in [2.05, 4.69) is 54.8 Å². The second-order valence-electron chi connectivity index (χ2n) is 6.31. The monoisotopic (exact) mass is 472 g/mol. The molecule has 0 radical (unpaired) electrons. The van der Waals surface area contributed by atoms with Crippen molar-refractivity contribution in [3.05, 3.63) is 85.7 Å². The molecule has 6 aromatic rings. The van der Waals surface area contributed by atoms with Gasteiger partial charge < -0.3 is 9.97 Å². The fraction of sp³-hybridized carbons (Fsp3) is 0. The molecule has 19 heteroatoms. The lowest BCUT2D eigenvalue weighted by Gasteiger charge is -1.83. The molecule has 0 aliphatic rings. The minimum atomic E-state index is -0.650. The first kappa shape index (κ1) is 21.5. The maximum atomic E-state index is 10.9. The third-order valence-corrected chi connectivity index (χ3v) is 4.07. The molecule has 10 N–H and O–H groups in total. The smallest absolute Gasteiger partial charge is 0.327 e. The molecule has 0 unspecified atom stereocenters. The summed E-state index contributed by atoms with van der Waals surface area (Å²) >= 11 is 0. The number of fused-ring (bicyclic) bond motifs is 3. The molecule has 6 rings (SSSR count). The van der Waals surface area contributed by atoms with Gasteiger partial charge in [0.25, 0.3) is 16.7 Å². The van der Waals surface area contributed by atoms with Crippen molar-refractivity contribution in [1.29, 1.82) is 0 Å². The predicted octanol–water partition coefficient (Wildman–Crippen LogP) is -3.89. The Kier molecular flexibility index (Phi) is 5.31. The highest BCUT2D eigenvalue weighted by molar-refractivity contribution is 5.68. The van der Waals surface area contributed by atoms with Gasteiger partial charge in [0.2, 0.25) is 0 Å². The van der Waals surface area contributed by atoms with Crippen LogP contribution in [0.5, 0.6) is 0 Å². The summed E-state index contributed by atoms with van der Waals surface area (Å²) in [5.74, 6) is 0. The van der Waals surface area contributed by atoms with Crippen LogP contribution in [0.25, 0.3) is 33.5 Å². The van der Waals surface area contributed by atoms with Crippen LogP contribution in [0, 0.1) is 0 Å². The number of nitrogens with one attached hydrogen (secondary N) is 10. The molecule has 0 aliphatic carbocycles. The van der Waals surface area contributed by atoms with E-state index in [4.69, 9.17) is 0 Å². The van der Waals surface area contributed by atoms with Gasteiger partial charge in [0, 0.05) is 0 Å². The van der Waals surface area contributed by atoms with E-state index < -0.39 is 39.4 Å². The van der Waals surface area contributed by atoms with Crippen LogP contribution in [0.4, 0.5) is 0 Å². The number of nitrogens with zero attached hydrogens (tertiary/aromatic N) is 2. The quantitative estimate of drug-likeness (QED) is 0.103. The summed E-state index contributed by atoms with van der Waals surface area (Å²) < 4.78 is 0. The third kappa shape index (κ3) is 4.32. The Morgan fingerprint density at radius 2 is 0.824 bits per heavy atom. The summed E-state index contributed by atoms with van der Waals surface area (Å²) in [5, 5.41) is 0. The highest BCUT2D eigenvalue weighted by Crippen LogP contribution is 1.93. The first-order valence-electron chi connectivity index (χ1n) is 8.97. The SMILES string of the molecule is O=c1[nH]c(=O)c2[nH]c(=O)[nH]c2[nH]1.O=c1[nH]c(=O)c2[nH]cnc2[nH]1.O=c1[nH]c(=O)c2[nH]cnc2[nH]1. The average Bonchev–Trinajstić information content (AvgIpc) is 3.48. The molecule has 0 saturated heterocycles.